The summed E-state index contributed by atoms with van der Waals surface area (Å²) >= 11 is 0. The van der Waals surface area contributed by atoms with Crippen LogP contribution in [0.3, 0.4) is 0 Å². The van der Waals surface area contributed by atoms with Crippen molar-refractivity contribution in [2.75, 3.05) is 18.5 Å². The average Bonchev–Trinajstić information content (AvgIpc) is 3.06. The van der Waals surface area contributed by atoms with Gasteiger partial charge in [-0.05, 0) is 44.4 Å². The number of carboxylic acids is 1. The van der Waals surface area contributed by atoms with Crippen molar-refractivity contribution in [1.29, 1.82) is 0 Å². The Morgan fingerprint density at radius 1 is 1.44 bits per heavy atom. The van der Waals surface area contributed by atoms with Crippen LogP contribution >= 0.6 is 0 Å². The highest BCUT2D eigenvalue weighted by atomic mass is 32.2. The number of hydrogen-bond donors (Lipinski definition) is 3. The van der Waals surface area contributed by atoms with Gasteiger partial charge in [-0.15, -0.1) is 0 Å². The minimum Gasteiger partial charge on any atom is -0.478 e. The molecule has 0 aliphatic carbocycles. The Morgan fingerprint density at radius 3 is 2.80 bits per heavy atom. The van der Waals surface area contributed by atoms with Crippen molar-refractivity contribution >= 4 is 21.7 Å². The van der Waals surface area contributed by atoms with Crippen molar-refractivity contribution in [3.05, 3.63) is 23.8 Å². The van der Waals surface area contributed by atoms with Crippen molar-refractivity contribution in [2.45, 2.75) is 56.6 Å². The number of aromatic carboxylic acids is 1. The molecule has 1 aliphatic rings. The molecule has 0 unspecified atom stereocenters. The zero-order chi connectivity index (χ0) is 18.4. The molecule has 0 radical (unpaired) electrons. The number of nitrogens with one attached hydrogen (secondary N) is 2. The molecule has 8 heteroatoms. The van der Waals surface area contributed by atoms with Gasteiger partial charge >= 0.3 is 5.97 Å². The van der Waals surface area contributed by atoms with Crippen molar-refractivity contribution in [2.24, 2.45) is 0 Å². The molecule has 140 valence electrons. The van der Waals surface area contributed by atoms with Gasteiger partial charge in [0.05, 0.1) is 16.6 Å². The highest BCUT2D eigenvalue weighted by Gasteiger charge is 2.22. The van der Waals surface area contributed by atoms with Gasteiger partial charge in [0.25, 0.3) is 0 Å². The normalized spacial score (nSPS) is 18.9. The van der Waals surface area contributed by atoms with E-state index in [2.05, 4.69) is 10.0 Å². The molecule has 1 fully saturated rings. The van der Waals surface area contributed by atoms with Gasteiger partial charge in [-0.3, -0.25) is 0 Å². The lowest BCUT2D eigenvalue weighted by atomic mass is 10.1. The van der Waals surface area contributed by atoms with Crippen LogP contribution in [-0.4, -0.2) is 44.8 Å². The molecule has 0 amide bonds. The monoisotopic (exact) mass is 370 g/mol. The Kier molecular flexibility index (Phi) is 6.80. The van der Waals surface area contributed by atoms with Gasteiger partial charge < -0.3 is 15.2 Å². The number of anilines is 1. The molecular weight excluding hydrogens is 344 g/mol. The molecule has 1 aliphatic heterocycles. The van der Waals surface area contributed by atoms with Crippen LogP contribution in [0.2, 0.25) is 0 Å². The van der Waals surface area contributed by atoms with Crippen molar-refractivity contribution in [1.82, 2.24) is 4.72 Å². The maximum atomic E-state index is 12.4. The molecule has 25 heavy (non-hydrogen) atoms. The number of ether oxygens (including phenoxy) is 1. The highest BCUT2D eigenvalue weighted by molar-refractivity contribution is 7.89. The van der Waals surface area contributed by atoms with E-state index in [9.17, 15) is 18.3 Å². The van der Waals surface area contributed by atoms with E-state index < -0.39 is 16.0 Å². The van der Waals surface area contributed by atoms with Crippen LogP contribution in [0, 0.1) is 0 Å². The van der Waals surface area contributed by atoms with Crippen LogP contribution < -0.4 is 10.0 Å². The SMILES string of the molecule is CCC[C@@H](C)Nc1ccc(S(=O)(=O)NC[C@@H]2CCCO2)cc1C(=O)O. The first kappa shape index (κ1) is 19.7. The number of rotatable bonds is 9. The minimum absolute atomic E-state index is 0.0528. The van der Waals surface area contributed by atoms with E-state index in [0.717, 1.165) is 25.7 Å². The molecule has 1 aromatic carbocycles. The van der Waals surface area contributed by atoms with E-state index in [4.69, 9.17) is 4.74 Å². The number of carboxylic acid groups (broad SMARTS) is 1. The molecule has 0 bridgehead atoms. The van der Waals surface area contributed by atoms with Gasteiger partial charge in [-0.25, -0.2) is 17.9 Å². The second kappa shape index (κ2) is 8.64. The average molecular weight is 370 g/mol. The van der Waals surface area contributed by atoms with Crippen LogP contribution in [0.1, 0.15) is 49.9 Å². The largest absolute Gasteiger partial charge is 0.478 e. The summed E-state index contributed by atoms with van der Waals surface area (Å²) in [6.45, 7) is 4.85. The Bertz CT molecular complexity index is 699. The third-order valence-corrected chi connectivity index (χ3v) is 5.60. The second-order valence-electron chi connectivity index (χ2n) is 6.33. The second-order valence-corrected chi connectivity index (χ2v) is 8.10. The number of hydrogen-bond acceptors (Lipinski definition) is 5. The molecule has 3 N–H and O–H groups in total. The van der Waals surface area contributed by atoms with Crippen LogP contribution in [0.4, 0.5) is 5.69 Å². The summed E-state index contributed by atoms with van der Waals surface area (Å²) in [6.07, 6.45) is 3.48. The first-order chi connectivity index (χ1) is 11.8. The zero-order valence-electron chi connectivity index (χ0n) is 14.6. The summed E-state index contributed by atoms with van der Waals surface area (Å²) in [5, 5.41) is 12.6. The predicted octanol–water partition coefficient (Wildman–Crippen LogP) is 2.44. The topological polar surface area (TPSA) is 105 Å². The Hall–Kier alpha value is -1.64. The summed E-state index contributed by atoms with van der Waals surface area (Å²) in [5.41, 5.74) is 0.370. The lowest BCUT2D eigenvalue weighted by Crippen LogP contribution is -2.32. The van der Waals surface area contributed by atoms with E-state index in [1.807, 2.05) is 13.8 Å². The first-order valence-corrected chi connectivity index (χ1v) is 10.1. The van der Waals surface area contributed by atoms with Gasteiger partial charge in [0.2, 0.25) is 10.0 Å². The fourth-order valence-corrected chi connectivity index (χ4v) is 3.95. The lowest BCUT2D eigenvalue weighted by molar-refractivity contribution is 0.0697. The lowest BCUT2D eigenvalue weighted by Gasteiger charge is -2.17. The summed E-state index contributed by atoms with van der Waals surface area (Å²) < 4.78 is 32.7. The van der Waals surface area contributed by atoms with Gasteiger partial charge in [0.15, 0.2) is 0 Å². The van der Waals surface area contributed by atoms with Crippen LogP contribution in [0.5, 0.6) is 0 Å². The summed E-state index contributed by atoms with van der Waals surface area (Å²) in [4.78, 5) is 11.5. The summed E-state index contributed by atoms with van der Waals surface area (Å²) in [7, 11) is -3.78. The number of benzene rings is 1. The fraction of sp³-hybridized carbons (Fsp3) is 0.588. The Morgan fingerprint density at radius 2 is 2.20 bits per heavy atom. The van der Waals surface area contributed by atoms with E-state index in [0.29, 0.717) is 12.3 Å². The first-order valence-electron chi connectivity index (χ1n) is 8.58. The molecule has 1 saturated heterocycles. The van der Waals surface area contributed by atoms with E-state index >= 15 is 0 Å². The van der Waals surface area contributed by atoms with Crippen molar-refractivity contribution in [3.63, 3.8) is 0 Å². The molecule has 0 spiro atoms. The Labute approximate surface area is 148 Å². The van der Waals surface area contributed by atoms with Gasteiger partial charge in [-0.1, -0.05) is 13.3 Å². The third-order valence-electron chi connectivity index (χ3n) is 4.18. The van der Waals surface area contributed by atoms with Crippen LogP contribution in [0.15, 0.2) is 23.1 Å². The van der Waals surface area contributed by atoms with Crippen molar-refractivity contribution in [3.8, 4) is 0 Å². The van der Waals surface area contributed by atoms with E-state index in [1.165, 1.54) is 18.2 Å². The minimum atomic E-state index is -3.78. The standard InChI is InChI=1S/C17H26N2O5S/c1-3-5-12(2)19-16-8-7-14(10-15(16)17(20)21)25(22,23)18-11-13-6-4-9-24-13/h7-8,10,12-13,18-19H,3-6,9,11H2,1-2H3,(H,20,21)/t12-,13+/m1/s1. The van der Waals surface area contributed by atoms with Crippen LogP contribution in [-0.2, 0) is 14.8 Å². The zero-order valence-corrected chi connectivity index (χ0v) is 15.4. The summed E-state index contributed by atoms with van der Waals surface area (Å²) in [5.74, 6) is -1.16. The molecule has 0 saturated carbocycles. The highest BCUT2D eigenvalue weighted by Crippen LogP contribution is 2.22. The maximum absolute atomic E-state index is 12.4. The van der Waals surface area contributed by atoms with Crippen molar-refractivity contribution < 1.29 is 23.1 Å². The predicted molar refractivity (Wildman–Crippen MR) is 95.6 cm³/mol. The van der Waals surface area contributed by atoms with Gasteiger partial charge in [0, 0.05) is 24.9 Å². The molecule has 1 heterocycles. The third kappa shape index (κ3) is 5.42. The number of carbonyl (C=O) groups is 1. The Balaban J connectivity index is 2.17. The molecule has 2 atom stereocenters. The fourth-order valence-electron chi connectivity index (χ4n) is 2.86. The maximum Gasteiger partial charge on any atom is 0.337 e. The quantitative estimate of drug-likeness (QED) is 0.617. The van der Waals surface area contributed by atoms with Gasteiger partial charge in [-0.2, -0.15) is 0 Å². The van der Waals surface area contributed by atoms with Gasteiger partial charge in [0.1, 0.15) is 0 Å². The molecule has 2 rings (SSSR count). The number of sulfonamides is 1. The molecule has 1 aromatic rings. The van der Waals surface area contributed by atoms with Crippen LogP contribution in [0.25, 0.3) is 0 Å². The molecular formula is C17H26N2O5S. The smallest absolute Gasteiger partial charge is 0.337 e. The molecule has 7 nitrogen and oxygen atoms in total. The summed E-state index contributed by atoms with van der Waals surface area (Å²) in [6, 6.07) is 4.23. The van der Waals surface area contributed by atoms with E-state index in [1.54, 1.807) is 0 Å². The molecule has 0 aromatic heterocycles. The van der Waals surface area contributed by atoms with E-state index in [-0.39, 0.29) is 29.1 Å².